The maximum Gasteiger partial charge on any atom is 0.339 e. The number of nitrogens with one attached hydrogen (secondary N) is 1. The van der Waals surface area contributed by atoms with E-state index in [0.717, 1.165) is 18.3 Å². The van der Waals surface area contributed by atoms with Gasteiger partial charge in [-0.05, 0) is 35.9 Å². The number of phenols is 2. The highest BCUT2D eigenvalue weighted by atomic mass is 35.5. The third-order valence-electron chi connectivity index (χ3n) is 3.78. The van der Waals surface area contributed by atoms with Gasteiger partial charge < -0.3 is 15.3 Å². The third kappa shape index (κ3) is 4.00. The number of phenolic OH excluding ortho intramolecular Hbond substituents is 1. The minimum absolute atomic E-state index is 0.0244. The minimum atomic E-state index is -4.10. The van der Waals surface area contributed by atoms with Gasteiger partial charge in [0.15, 0.2) is 0 Å². The maximum absolute atomic E-state index is 12.6. The Balaban J connectivity index is 1.96. The van der Waals surface area contributed by atoms with Crippen LogP contribution in [0.5, 0.6) is 11.5 Å². The highest BCUT2D eigenvalue weighted by molar-refractivity contribution is 7.92. The van der Waals surface area contributed by atoms with Crippen LogP contribution in [0.2, 0.25) is 5.15 Å². The molecule has 8 nitrogen and oxygen atoms in total. The first-order chi connectivity index (χ1) is 13.2. The number of carboxylic acid groups (broad SMARTS) is 1. The maximum atomic E-state index is 12.6. The summed E-state index contributed by atoms with van der Waals surface area (Å²) in [5.41, 5.74) is 0.513. The van der Waals surface area contributed by atoms with Crippen molar-refractivity contribution >= 4 is 33.3 Å². The Morgan fingerprint density at radius 1 is 1.04 bits per heavy atom. The number of hydrogen-bond donors (Lipinski definition) is 4. The lowest BCUT2D eigenvalue weighted by atomic mass is 10.1. The van der Waals surface area contributed by atoms with E-state index in [1.807, 2.05) is 0 Å². The summed E-state index contributed by atoms with van der Waals surface area (Å²) in [7, 11) is -4.10. The number of nitrogens with zero attached hydrogens (tertiary/aromatic N) is 1. The zero-order valence-corrected chi connectivity index (χ0v) is 15.6. The van der Waals surface area contributed by atoms with E-state index < -0.39 is 21.7 Å². The summed E-state index contributed by atoms with van der Waals surface area (Å²) >= 11 is 6.07. The van der Waals surface area contributed by atoms with Gasteiger partial charge >= 0.3 is 5.97 Å². The lowest BCUT2D eigenvalue weighted by Gasteiger charge is -2.11. The Bertz CT molecular complexity index is 1160. The molecule has 0 saturated heterocycles. The standard InChI is InChI=1S/C18H13ClN2O6S/c19-17-15(10-1-4-12(22)5-2-10)8-13(9-20-17)28(26,27)21-11-3-6-14(18(24)25)16(23)7-11/h1-9,21-23H,(H,24,25). The molecule has 0 spiro atoms. The predicted octanol–water partition coefficient (Wildman–Crippen LogP) is 3.31. The summed E-state index contributed by atoms with van der Waals surface area (Å²) in [4.78, 5) is 14.6. The molecule has 0 unspecified atom stereocenters. The second-order valence-electron chi connectivity index (χ2n) is 5.70. The van der Waals surface area contributed by atoms with Crippen molar-refractivity contribution in [3.8, 4) is 22.6 Å². The van der Waals surface area contributed by atoms with Crippen molar-refractivity contribution < 1.29 is 28.5 Å². The van der Waals surface area contributed by atoms with Crippen molar-refractivity contribution in [2.24, 2.45) is 0 Å². The first kappa shape index (κ1) is 19.5. The zero-order valence-electron chi connectivity index (χ0n) is 14.0. The first-order valence-electron chi connectivity index (χ1n) is 7.71. The molecule has 10 heteroatoms. The lowest BCUT2D eigenvalue weighted by molar-refractivity contribution is 0.0693. The lowest BCUT2D eigenvalue weighted by Crippen LogP contribution is -2.13. The van der Waals surface area contributed by atoms with Gasteiger partial charge in [0.2, 0.25) is 0 Å². The highest BCUT2D eigenvalue weighted by Crippen LogP contribution is 2.30. The zero-order chi connectivity index (χ0) is 20.5. The van der Waals surface area contributed by atoms with Gasteiger partial charge in [-0.2, -0.15) is 0 Å². The van der Waals surface area contributed by atoms with Gasteiger partial charge in [-0.1, -0.05) is 23.7 Å². The van der Waals surface area contributed by atoms with Gasteiger partial charge in [0.25, 0.3) is 10.0 Å². The van der Waals surface area contributed by atoms with Gasteiger partial charge in [0.05, 0.1) is 5.69 Å². The SMILES string of the molecule is O=C(O)c1ccc(NS(=O)(=O)c2cnc(Cl)c(-c3ccc(O)cc3)c2)cc1O. The Hall–Kier alpha value is -3.30. The average molecular weight is 421 g/mol. The van der Waals surface area contributed by atoms with Crippen molar-refractivity contribution in [2.45, 2.75) is 4.90 Å². The van der Waals surface area contributed by atoms with Crippen LogP contribution >= 0.6 is 11.6 Å². The topological polar surface area (TPSA) is 137 Å². The summed E-state index contributed by atoms with van der Waals surface area (Å²) in [6.07, 6.45) is 1.07. The molecule has 3 rings (SSSR count). The normalized spacial score (nSPS) is 11.2. The van der Waals surface area contributed by atoms with Crippen LogP contribution in [-0.2, 0) is 10.0 Å². The number of aromatic hydroxyl groups is 2. The number of sulfonamides is 1. The summed E-state index contributed by atoms with van der Waals surface area (Å²) in [6.45, 7) is 0. The monoisotopic (exact) mass is 420 g/mol. The smallest absolute Gasteiger partial charge is 0.339 e. The number of halogens is 1. The Kier molecular flexibility index (Phi) is 5.12. The highest BCUT2D eigenvalue weighted by Gasteiger charge is 2.19. The summed E-state index contributed by atoms with van der Waals surface area (Å²) in [5.74, 6) is -1.87. The molecule has 0 bridgehead atoms. The molecule has 0 aliphatic carbocycles. The first-order valence-corrected chi connectivity index (χ1v) is 9.57. The van der Waals surface area contributed by atoms with Crippen molar-refractivity contribution in [1.82, 2.24) is 4.98 Å². The number of benzene rings is 2. The van der Waals surface area contributed by atoms with Crippen molar-refractivity contribution in [1.29, 1.82) is 0 Å². The molecule has 0 atom stereocenters. The number of pyridine rings is 1. The molecule has 144 valence electrons. The molecule has 28 heavy (non-hydrogen) atoms. The molecule has 2 aromatic carbocycles. The summed E-state index contributed by atoms with van der Waals surface area (Å²) in [5, 5.41) is 28.1. The fourth-order valence-corrected chi connectivity index (χ4v) is 3.64. The fourth-order valence-electron chi connectivity index (χ4n) is 2.41. The van der Waals surface area contributed by atoms with E-state index in [2.05, 4.69) is 9.71 Å². The number of aromatic nitrogens is 1. The molecule has 0 aliphatic heterocycles. The number of carboxylic acids is 1. The van der Waals surface area contributed by atoms with E-state index in [1.165, 1.54) is 24.3 Å². The number of hydrogen-bond acceptors (Lipinski definition) is 6. The van der Waals surface area contributed by atoms with E-state index >= 15 is 0 Å². The van der Waals surface area contributed by atoms with Gasteiger partial charge in [0, 0.05) is 17.8 Å². The van der Waals surface area contributed by atoms with Crippen LogP contribution in [0.4, 0.5) is 5.69 Å². The molecule has 3 aromatic rings. The van der Waals surface area contributed by atoms with Crippen molar-refractivity contribution in [2.75, 3.05) is 4.72 Å². The van der Waals surface area contributed by atoms with Gasteiger partial charge in [0.1, 0.15) is 27.1 Å². The Morgan fingerprint density at radius 3 is 2.32 bits per heavy atom. The van der Waals surface area contributed by atoms with Gasteiger partial charge in [-0.15, -0.1) is 0 Å². The second kappa shape index (κ2) is 7.37. The van der Waals surface area contributed by atoms with Crippen LogP contribution < -0.4 is 4.72 Å². The third-order valence-corrected chi connectivity index (χ3v) is 5.43. The molecule has 1 heterocycles. The quantitative estimate of drug-likeness (QED) is 0.464. The average Bonchev–Trinajstić information content (AvgIpc) is 2.62. The molecule has 0 fully saturated rings. The molecular formula is C18H13ClN2O6S. The second-order valence-corrected chi connectivity index (χ2v) is 7.74. The van der Waals surface area contributed by atoms with E-state index in [1.54, 1.807) is 12.1 Å². The number of anilines is 1. The molecule has 0 aliphatic rings. The summed E-state index contributed by atoms with van der Waals surface area (Å²) < 4.78 is 27.5. The van der Waals surface area contributed by atoms with Crippen LogP contribution in [0.25, 0.3) is 11.1 Å². The van der Waals surface area contributed by atoms with Gasteiger partial charge in [-0.25, -0.2) is 18.2 Å². The number of rotatable bonds is 5. The molecule has 4 N–H and O–H groups in total. The van der Waals surface area contributed by atoms with Crippen LogP contribution in [0, 0.1) is 0 Å². The van der Waals surface area contributed by atoms with Crippen LogP contribution in [0.1, 0.15) is 10.4 Å². The van der Waals surface area contributed by atoms with Crippen molar-refractivity contribution in [3.05, 3.63) is 65.4 Å². The Labute approximate surface area is 164 Å². The fraction of sp³-hybridized carbons (Fsp3) is 0. The largest absolute Gasteiger partial charge is 0.508 e. The minimum Gasteiger partial charge on any atom is -0.508 e. The molecule has 1 aromatic heterocycles. The number of carbonyl (C=O) groups is 1. The molecule has 0 amide bonds. The molecule has 0 radical (unpaired) electrons. The van der Waals surface area contributed by atoms with Crippen LogP contribution in [0.3, 0.4) is 0 Å². The van der Waals surface area contributed by atoms with E-state index in [4.69, 9.17) is 16.7 Å². The summed E-state index contributed by atoms with van der Waals surface area (Å²) in [6, 6.07) is 10.6. The van der Waals surface area contributed by atoms with E-state index in [-0.39, 0.29) is 27.0 Å². The number of aromatic carboxylic acids is 1. The Morgan fingerprint density at radius 2 is 1.71 bits per heavy atom. The van der Waals surface area contributed by atoms with Crippen LogP contribution in [0.15, 0.2) is 59.6 Å². The molecule has 0 saturated carbocycles. The van der Waals surface area contributed by atoms with Crippen molar-refractivity contribution in [3.63, 3.8) is 0 Å². The van der Waals surface area contributed by atoms with Gasteiger partial charge in [-0.3, -0.25) is 4.72 Å². The van der Waals surface area contributed by atoms with Crippen LogP contribution in [-0.4, -0.2) is 34.7 Å². The predicted molar refractivity (Wildman–Crippen MR) is 102 cm³/mol. The molecular weight excluding hydrogens is 408 g/mol. The van der Waals surface area contributed by atoms with E-state index in [0.29, 0.717) is 11.1 Å². The van der Waals surface area contributed by atoms with E-state index in [9.17, 15) is 23.4 Å².